The predicted octanol–water partition coefficient (Wildman–Crippen LogP) is 0.780. The molecule has 1 aliphatic rings. The molecular weight excluding hydrogens is 340 g/mol. The van der Waals surface area contributed by atoms with Gasteiger partial charge in [-0.25, -0.2) is 4.79 Å². The maximum Gasteiger partial charge on any atom is 0.332 e. The molecule has 0 amide bonds. The van der Waals surface area contributed by atoms with Gasteiger partial charge in [0, 0.05) is 37.7 Å². The van der Waals surface area contributed by atoms with Crippen LogP contribution in [0.15, 0.2) is 9.59 Å². The standard InChI is InChI=1S/C17H26N4O3S/c1-3-20-15(22)14-11(2)13(9-19-7-6-18)25-16(14)21(17(20)23)10-12-5-4-8-24-12/h12,19H,3-10,18H2,1-2H3. The molecule has 3 N–H and O–H groups in total. The van der Waals surface area contributed by atoms with Crippen molar-refractivity contribution in [3.8, 4) is 0 Å². The highest BCUT2D eigenvalue weighted by Gasteiger charge is 2.23. The summed E-state index contributed by atoms with van der Waals surface area (Å²) in [4.78, 5) is 27.5. The summed E-state index contributed by atoms with van der Waals surface area (Å²) in [7, 11) is 0. The predicted molar refractivity (Wildman–Crippen MR) is 100 cm³/mol. The second kappa shape index (κ2) is 7.82. The Morgan fingerprint density at radius 1 is 1.36 bits per heavy atom. The summed E-state index contributed by atoms with van der Waals surface area (Å²) in [5.41, 5.74) is 6.06. The highest BCUT2D eigenvalue weighted by atomic mass is 32.1. The molecule has 1 atom stereocenters. The van der Waals surface area contributed by atoms with Crippen molar-refractivity contribution in [2.75, 3.05) is 19.7 Å². The monoisotopic (exact) mass is 366 g/mol. The van der Waals surface area contributed by atoms with Gasteiger partial charge in [-0.2, -0.15) is 0 Å². The van der Waals surface area contributed by atoms with E-state index in [9.17, 15) is 9.59 Å². The number of nitrogens with two attached hydrogens (primary N) is 1. The second-order valence-corrected chi connectivity index (χ2v) is 7.46. The Hall–Kier alpha value is -1.48. The van der Waals surface area contributed by atoms with Gasteiger partial charge in [-0.15, -0.1) is 11.3 Å². The van der Waals surface area contributed by atoms with Crippen molar-refractivity contribution in [3.05, 3.63) is 31.3 Å². The van der Waals surface area contributed by atoms with Gasteiger partial charge < -0.3 is 15.8 Å². The summed E-state index contributed by atoms with van der Waals surface area (Å²) in [5, 5.41) is 3.93. The number of aryl methyl sites for hydroxylation is 1. The number of fused-ring (bicyclic) bond motifs is 1. The number of nitrogens with one attached hydrogen (secondary N) is 1. The Balaban J connectivity index is 2.13. The van der Waals surface area contributed by atoms with E-state index in [1.54, 1.807) is 4.57 Å². The van der Waals surface area contributed by atoms with Crippen LogP contribution in [-0.2, 0) is 24.4 Å². The first-order chi connectivity index (χ1) is 12.1. The smallest absolute Gasteiger partial charge is 0.332 e. The third-order valence-electron chi connectivity index (χ3n) is 4.73. The van der Waals surface area contributed by atoms with Gasteiger partial charge in [-0.3, -0.25) is 13.9 Å². The summed E-state index contributed by atoms with van der Waals surface area (Å²) in [5.74, 6) is 0. The minimum absolute atomic E-state index is 0.0462. The molecule has 0 aromatic carbocycles. The number of nitrogens with zero attached hydrogens (tertiary/aromatic N) is 2. The lowest BCUT2D eigenvalue weighted by molar-refractivity contribution is 0.0966. The molecule has 25 heavy (non-hydrogen) atoms. The Labute approximate surface area is 150 Å². The summed E-state index contributed by atoms with van der Waals surface area (Å²) < 4.78 is 8.78. The van der Waals surface area contributed by atoms with Crippen LogP contribution in [0, 0.1) is 6.92 Å². The zero-order valence-corrected chi connectivity index (χ0v) is 15.7. The molecule has 2 aromatic heterocycles. The van der Waals surface area contributed by atoms with E-state index in [0.29, 0.717) is 31.6 Å². The average Bonchev–Trinajstić information content (AvgIpc) is 3.21. The zero-order valence-electron chi connectivity index (χ0n) is 14.8. The molecule has 0 aliphatic carbocycles. The van der Waals surface area contributed by atoms with Gasteiger partial charge in [0.2, 0.25) is 0 Å². The molecule has 1 unspecified atom stereocenters. The van der Waals surface area contributed by atoms with E-state index in [1.807, 2.05) is 13.8 Å². The van der Waals surface area contributed by atoms with Crippen LogP contribution in [0.4, 0.5) is 0 Å². The lowest BCUT2D eigenvalue weighted by Crippen LogP contribution is -2.40. The van der Waals surface area contributed by atoms with Crippen LogP contribution >= 0.6 is 11.3 Å². The van der Waals surface area contributed by atoms with Gasteiger partial charge in [0.1, 0.15) is 4.83 Å². The van der Waals surface area contributed by atoms with Crippen LogP contribution in [0.3, 0.4) is 0 Å². The molecule has 8 heteroatoms. The lowest BCUT2D eigenvalue weighted by Gasteiger charge is -2.14. The van der Waals surface area contributed by atoms with Gasteiger partial charge >= 0.3 is 5.69 Å². The van der Waals surface area contributed by atoms with E-state index in [1.165, 1.54) is 15.9 Å². The average molecular weight is 366 g/mol. The Kier molecular flexibility index (Phi) is 5.73. The second-order valence-electron chi connectivity index (χ2n) is 6.37. The van der Waals surface area contributed by atoms with Crippen molar-refractivity contribution < 1.29 is 4.74 Å². The molecule has 1 fully saturated rings. The van der Waals surface area contributed by atoms with E-state index < -0.39 is 0 Å². The lowest BCUT2D eigenvalue weighted by atomic mass is 10.2. The molecule has 0 bridgehead atoms. The highest BCUT2D eigenvalue weighted by molar-refractivity contribution is 7.18. The topological polar surface area (TPSA) is 91.3 Å². The fraction of sp³-hybridized carbons (Fsp3) is 0.647. The van der Waals surface area contributed by atoms with Crippen molar-refractivity contribution in [2.24, 2.45) is 5.73 Å². The fourth-order valence-electron chi connectivity index (χ4n) is 3.34. The van der Waals surface area contributed by atoms with Crippen molar-refractivity contribution >= 4 is 21.6 Å². The van der Waals surface area contributed by atoms with Crippen molar-refractivity contribution in [1.82, 2.24) is 14.5 Å². The summed E-state index contributed by atoms with van der Waals surface area (Å²) in [6, 6.07) is 0. The van der Waals surface area contributed by atoms with Crippen LogP contribution in [-0.4, -0.2) is 34.9 Å². The molecular formula is C17H26N4O3S. The Bertz CT molecular complexity index is 861. The fourth-order valence-corrected chi connectivity index (χ4v) is 4.61. The molecule has 1 saturated heterocycles. The van der Waals surface area contributed by atoms with Gasteiger partial charge in [0.05, 0.1) is 18.0 Å². The molecule has 138 valence electrons. The number of rotatable bonds is 7. The molecule has 0 saturated carbocycles. The van der Waals surface area contributed by atoms with E-state index in [-0.39, 0.29) is 17.4 Å². The van der Waals surface area contributed by atoms with Gasteiger partial charge in [0.15, 0.2) is 0 Å². The molecule has 0 spiro atoms. The molecule has 0 radical (unpaired) electrons. The Morgan fingerprint density at radius 2 is 2.16 bits per heavy atom. The first kappa shape index (κ1) is 18.3. The SMILES string of the molecule is CCn1c(=O)c2c(C)c(CNCCN)sc2n(CC2CCCO2)c1=O. The van der Waals surface area contributed by atoms with Crippen molar-refractivity contribution in [3.63, 3.8) is 0 Å². The van der Waals surface area contributed by atoms with Gasteiger partial charge in [0.25, 0.3) is 5.56 Å². The Morgan fingerprint density at radius 3 is 2.80 bits per heavy atom. The van der Waals surface area contributed by atoms with E-state index in [0.717, 1.165) is 41.3 Å². The van der Waals surface area contributed by atoms with E-state index in [2.05, 4.69) is 5.32 Å². The summed E-state index contributed by atoms with van der Waals surface area (Å²) in [6.07, 6.45) is 2.02. The number of hydrogen-bond acceptors (Lipinski definition) is 6. The third-order valence-corrected chi connectivity index (χ3v) is 6.04. The minimum atomic E-state index is -0.238. The summed E-state index contributed by atoms with van der Waals surface area (Å²) >= 11 is 1.52. The third kappa shape index (κ3) is 3.44. The number of hydrogen-bond donors (Lipinski definition) is 2. The quantitative estimate of drug-likeness (QED) is 0.707. The molecule has 2 aromatic rings. The van der Waals surface area contributed by atoms with Crippen LogP contribution in [0.1, 0.15) is 30.2 Å². The zero-order chi connectivity index (χ0) is 18.0. The van der Waals surface area contributed by atoms with E-state index >= 15 is 0 Å². The van der Waals surface area contributed by atoms with Crippen molar-refractivity contribution in [2.45, 2.75) is 52.4 Å². The first-order valence-corrected chi connectivity index (χ1v) is 9.68. The minimum Gasteiger partial charge on any atom is -0.376 e. The van der Waals surface area contributed by atoms with Gasteiger partial charge in [-0.1, -0.05) is 0 Å². The van der Waals surface area contributed by atoms with Crippen LogP contribution in [0.5, 0.6) is 0 Å². The normalized spacial score (nSPS) is 17.6. The van der Waals surface area contributed by atoms with Gasteiger partial charge in [-0.05, 0) is 32.3 Å². The van der Waals surface area contributed by atoms with Crippen LogP contribution in [0.2, 0.25) is 0 Å². The number of ether oxygens (including phenoxy) is 1. The molecule has 3 heterocycles. The van der Waals surface area contributed by atoms with E-state index in [4.69, 9.17) is 10.5 Å². The highest BCUT2D eigenvalue weighted by Crippen LogP contribution is 2.28. The maximum absolute atomic E-state index is 12.8. The van der Waals surface area contributed by atoms with Crippen LogP contribution in [0.25, 0.3) is 10.2 Å². The molecule has 7 nitrogen and oxygen atoms in total. The number of thiophene rings is 1. The van der Waals surface area contributed by atoms with Crippen molar-refractivity contribution in [1.29, 1.82) is 0 Å². The maximum atomic E-state index is 12.8. The largest absolute Gasteiger partial charge is 0.376 e. The number of aromatic nitrogens is 2. The first-order valence-electron chi connectivity index (χ1n) is 8.86. The van der Waals surface area contributed by atoms with Crippen LogP contribution < -0.4 is 22.3 Å². The summed E-state index contributed by atoms with van der Waals surface area (Å²) in [6.45, 7) is 7.35. The molecule has 1 aliphatic heterocycles. The molecule has 3 rings (SSSR count).